The molecule has 0 radical (unpaired) electrons. The summed E-state index contributed by atoms with van der Waals surface area (Å²) in [4.78, 5) is 16.6. The van der Waals surface area contributed by atoms with Gasteiger partial charge in [0.1, 0.15) is 5.15 Å². The molecule has 0 fully saturated rings. The number of nitrogens with zero attached hydrogens (tertiary/aromatic N) is 1. The quantitative estimate of drug-likeness (QED) is 0.830. The molecule has 0 aliphatic carbocycles. The van der Waals surface area contributed by atoms with E-state index in [-0.39, 0.29) is 11.9 Å². The average molecular weight is 305 g/mol. The molecule has 21 heavy (non-hydrogen) atoms. The Balaban J connectivity index is 2.30. The largest absolute Gasteiger partial charge is 0.349 e. The number of amides is 1. The van der Waals surface area contributed by atoms with Crippen molar-refractivity contribution in [1.82, 2.24) is 10.3 Å². The first-order valence-corrected chi connectivity index (χ1v) is 7.80. The van der Waals surface area contributed by atoms with Crippen LogP contribution in [0.2, 0.25) is 5.15 Å². The molecule has 1 atom stereocenters. The Labute approximate surface area is 130 Å². The van der Waals surface area contributed by atoms with Crippen molar-refractivity contribution in [3.05, 3.63) is 41.2 Å². The summed E-state index contributed by atoms with van der Waals surface area (Å²) in [7, 11) is 0. The number of hydrogen-bond donors (Lipinski definition) is 1. The second-order valence-electron chi connectivity index (χ2n) is 5.35. The van der Waals surface area contributed by atoms with Crippen LogP contribution < -0.4 is 5.32 Å². The summed E-state index contributed by atoms with van der Waals surface area (Å²) in [6.45, 7) is 6.35. The highest BCUT2D eigenvalue weighted by molar-refractivity contribution is 6.34. The van der Waals surface area contributed by atoms with Gasteiger partial charge in [0.05, 0.1) is 5.56 Å². The van der Waals surface area contributed by atoms with E-state index in [1.807, 2.05) is 24.3 Å². The van der Waals surface area contributed by atoms with Gasteiger partial charge in [0, 0.05) is 17.6 Å². The minimum Gasteiger partial charge on any atom is -0.349 e. The number of carbonyl (C=O) groups is 1. The third kappa shape index (κ3) is 3.35. The molecule has 1 N–H and O–H groups in total. The smallest absolute Gasteiger partial charge is 0.253 e. The maximum Gasteiger partial charge on any atom is 0.253 e. The molecule has 4 heteroatoms. The van der Waals surface area contributed by atoms with Crippen LogP contribution >= 0.6 is 11.6 Å². The molecule has 0 bridgehead atoms. The van der Waals surface area contributed by atoms with Gasteiger partial charge in [-0.1, -0.05) is 62.6 Å². The maximum absolute atomic E-state index is 12.5. The third-order valence-electron chi connectivity index (χ3n) is 4.11. The molecular weight excluding hydrogens is 284 g/mol. The first-order chi connectivity index (χ1) is 10.1. The third-order valence-corrected chi connectivity index (χ3v) is 4.41. The molecule has 1 unspecified atom stereocenters. The van der Waals surface area contributed by atoms with E-state index in [0.717, 1.165) is 23.6 Å². The van der Waals surface area contributed by atoms with Crippen LogP contribution in [0, 0.1) is 5.92 Å². The monoisotopic (exact) mass is 304 g/mol. The Kier molecular flexibility index (Phi) is 5.18. The minimum absolute atomic E-state index is 0.0882. The van der Waals surface area contributed by atoms with Gasteiger partial charge in [0.25, 0.3) is 5.91 Å². The maximum atomic E-state index is 12.5. The molecule has 1 aromatic carbocycles. The van der Waals surface area contributed by atoms with Gasteiger partial charge < -0.3 is 5.32 Å². The first-order valence-electron chi connectivity index (χ1n) is 7.42. The molecule has 0 aliphatic heterocycles. The van der Waals surface area contributed by atoms with Crippen LogP contribution in [-0.2, 0) is 0 Å². The van der Waals surface area contributed by atoms with E-state index in [1.165, 1.54) is 0 Å². The van der Waals surface area contributed by atoms with Crippen molar-refractivity contribution in [3.8, 4) is 0 Å². The normalized spacial score (nSPS) is 12.6. The fraction of sp³-hybridized carbons (Fsp3) is 0.412. The standard InChI is InChI=1S/C17H21ClN2O/c1-4-12(5-2)11(3)20-17(21)15-10-19-16(18)14-9-7-6-8-13(14)15/h6-12H,4-5H2,1-3H3,(H,20,21). The Morgan fingerprint density at radius 3 is 2.48 bits per heavy atom. The Hall–Kier alpha value is -1.61. The van der Waals surface area contributed by atoms with Crippen LogP contribution in [-0.4, -0.2) is 16.9 Å². The Morgan fingerprint density at radius 1 is 1.24 bits per heavy atom. The van der Waals surface area contributed by atoms with Crippen molar-refractivity contribution in [2.45, 2.75) is 39.7 Å². The van der Waals surface area contributed by atoms with Gasteiger partial charge >= 0.3 is 0 Å². The van der Waals surface area contributed by atoms with Crippen LogP contribution in [0.5, 0.6) is 0 Å². The number of aromatic nitrogens is 1. The summed E-state index contributed by atoms with van der Waals surface area (Å²) >= 11 is 6.09. The van der Waals surface area contributed by atoms with Crippen molar-refractivity contribution >= 4 is 28.3 Å². The predicted molar refractivity (Wildman–Crippen MR) is 87.8 cm³/mol. The van der Waals surface area contributed by atoms with E-state index in [0.29, 0.717) is 16.6 Å². The summed E-state index contributed by atoms with van der Waals surface area (Å²) in [6.07, 6.45) is 3.66. The number of carbonyl (C=O) groups excluding carboxylic acids is 1. The zero-order chi connectivity index (χ0) is 15.4. The van der Waals surface area contributed by atoms with E-state index in [9.17, 15) is 4.79 Å². The molecule has 112 valence electrons. The van der Waals surface area contributed by atoms with Crippen molar-refractivity contribution in [2.24, 2.45) is 5.92 Å². The SMILES string of the molecule is CCC(CC)C(C)NC(=O)c1cnc(Cl)c2ccccc12. The van der Waals surface area contributed by atoms with Gasteiger partial charge in [-0.2, -0.15) is 0 Å². The van der Waals surface area contributed by atoms with Gasteiger partial charge in [-0.25, -0.2) is 4.98 Å². The lowest BCUT2D eigenvalue weighted by Gasteiger charge is -2.22. The number of hydrogen-bond acceptors (Lipinski definition) is 2. The first kappa shape index (κ1) is 15.8. The zero-order valence-electron chi connectivity index (χ0n) is 12.7. The van der Waals surface area contributed by atoms with Crippen LogP contribution in [0.1, 0.15) is 44.0 Å². The molecule has 2 aromatic rings. The average Bonchev–Trinajstić information content (AvgIpc) is 2.49. The van der Waals surface area contributed by atoms with Crippen LogP contribution in [0.25, 0.3) is 10.8 Å². The molecule has 3 nitrogen and oxygen atoms in total. The summed E-state index contributed by atoms with van der Waals surface area (Å²) < 4.78 is 0. The van der Waals surface area contributed by atoms with Crippen molar-refractivity contribution in [3.63, 3.8) is 0 Å². The Morgan fingerprint density at radius 2 is 1.86 bits per heavy atom. The number of benzene rings is 1. The lowest BCUT2D eigenvalue weighted by Crippen LogP contribution is -2.37. The van der Waals surface area contributed by atoms with Crippen LogP contribution in [0.4, 0.5) is 0 Å². The topological polar surface area (TPSA) is 42.0 Å². The summed E-state index contributed by atoms with van der Waals surface area (Å²) in [5, 5.41) is 5.16. The fourth-order valence-corrected chi connectivity index (χ4v) is 2.95. The molecule has 0 saturated heterocycles. The minimum atomic E-state index is -0.0882. The summed E-state index contributed by atoms with van der Waals surface area (Å²) in [6, 6.07) is 7.72. The van der Waals surface area contributed by atoms with E-state index >= 15 is 0 Å². The summed E-state index contributed by atoms with van der Waals surface area (Å²) in [5.41, 5.74) is 0.577. The van der Waals surface area contributed by atoms with Gasteiger partial charge in [-0.3, -0.25) is 4.79 Å². The Bertz CT molecular complexity index is 638. The van der Waals surface area contributed by atoms with E-state index in [4.69, 9.17) is 11.6 Å². The zero-order valence-corrected chi connectivity index (χ0v) is 13.4. The predicted octanol–water partition coefficient (Wildman–Crippen LogP) is 4.44. The van der Waals surface area contributed by atoms with Gasteiger partial charge in [-0.05, 0) is 18.2 Å². The molecule has 0 spiro atoms. The van der Waals surface area contributed by atoms with Crippen molar-refractivity contribution < 1.29 is 4.79 Å². The molecular formula is C17H21ClN2O. The second-order valence-corrected chi connectivity index (χ2v) is 5.70. The number of halogens is 1. The molecule has 1 amide bonds. The number of fused-ring (bicyclic) bond motifs is 1. The van der Waals surface area contributed by atoms with Crippen molar-refractivity contribution in [1.29, 1.82) is 0 Å². The number of rotatable bonds is 5. The van der Waals surface area contributed by atoms with E-state index in [1.54, 1.807) is 6.20 Å². The van der Waals surface area contributed by atoms with Crippen LogP contribution in [0.15, 0.2) is 30.5 Å². The van der Waals surface area contributed by atoms with E-state index in [2.05, 4.69) is 31.1 Å². The highest BCUT2D eigenvalue weighted by Crippen LogP contribution is 2.24. The van der Waals surface area contributed by atoms with E-state index < -0.39 is 0 Å². The number of pyridine rings is 1. The number of nitrogens with one attached hydrogen (secondary N) is 1. The molecule has 0 saturated carbocycles. The summed E-state index contributed by atoms with van der Waals surface area (Å²) in [5.74, 6) is 0.398. The van der Waals surface area contributed by atoms with Crippen LogP contribution in [0.3, 0.4) is 0 Å². The second kappa shape index (κ2) is 6.90. The van der Waals surface area contributed by atoms with Gasteiger partial charge in [-0.15, -0.1) is 0 Å². The molecule has 1 aromatic heterocycles. The van der Waals surface area contributed by atoms with Crippen molar-refractivity contribution in [2.75, 3.05) is 0 Å². The highest BCUT2D eigenvalue weighted by Gasteiger charge is 2.18. The fourth-order valence-electron chi connectivity index (χ4n) is 2.74. The lowest BCUT2D eigenvalue weighted by molar-refractivity contribution is 0.0926. The lowest BCUT2D eigenvalue weighted by atomic mass is 9.95. The van der Waals surface area contributed by atoms with Gasteiger partial charge in [0.2, 0.25) is 0 Å². The molecule has 0 aliphatic rings. The molecule has 2 rings (SSSR count). The van der Waals surface area contributed by atoms with Gasteiger partial charge in [0.15, 0.2) is 0 Å². The highest BCUT2D eigenvalue weighted by atomic mass is 35.5. The molecule has 1 heterocycles.